The molecule has 0 fully saturated rings. The number of aromatic nitrogens is 2. The van der Waals surface area contributed by atoms with Crippen molar-refractivity contribution in [2.24, 2.45) is 0 Å². The first-order valence-corrected chi connectivity index (χ1v) is 5.99. The first-order chi connectivity index (χ1) is 8.60. The molecule has 0 saturated heterocycles. The number of aliphatic carboxylic acids is 1. The van der Waals surface area contributed by atoms with E-state index in [1.165, 1.54) is 0 Å². The van der Waals surface area contributed by atoms with Gasteiger partial charge in [-0.05, 0) is 40.2 Å². The van der Waals surface area contributed by atoms with Crippen LogP contribution in [-0.2, 0) is 11.2 Å². The van der Waals surface area contributed by atoms with Crippen molar-refractivity contribution in [3.63, 3.8) is 0 Å². The van der Waals surface area contributed by atoms with Gasteiger partial charge in [-0.1, -0.05) is 0 Å². The van der Waals surface area contributed by atoms with Crippen LogP contribution >= 0.6 is 15.9 Å². The molecule has 1 N–H and O–H groups in total. The summed E-state index contributed by atoms with van der Waals surface area (Å²) in [5, 5.41) is 13.0. The number of rotatable bonds is 4. The van der Waals surface area contributed by atoms with Gasteiger partial charge in [0, 0.05) is 6.20 Å². The molecule has 1 aromatic heterocycles. The summed E-state index contributed by atoms with van der Waals surface area (Å²) in [7, 11) is 1.60. The molecule has 0 aliphatic heterocycles. The normalized spacial score (nSPS) is 10.3. The molecule has 2 rings (SSSR count). The quantitative estimate of drug-likeness (QED) is 0.941. The van der Waals surface area contributed by atoms with Crippen LogP contribution in [0.25, 0.3) is 5.69 Å². The monoisotopic (exact) mass is 310 g/mol. The lowest BCUT2D eigenvalue weighted by atomic mass is 10.3. The van der Waals surface area contributed by atoms with Crippen LogP contribution in [0.15, 0.2) is 34.9 Å². The third-order valence-corrected chi connectivity index (χ3v) is 3.06. The van der Waals surface area contributed by atoms with E-state index in [0.29, 0.717) is 10.2 Å². The van der Waals surface area contributed by atoms with E-state index in [1.807, 2.05) is 24.3 Å². The fraction of sp³-hybridized carbons (Fsp3) is 0.167. The zero-order chi connectivity index (χ0) is 13.1. The Morgan fingerprint density at radius 2 is 2.11 bits per heavy atom. The van der Waals surface area contributed by atoms with Crippen LogP contribution in [0.3, 0.4) is 0 Å². The van der Waals surface area contributed by atoms with Crippen LogP contribution < -0.4 is 4.74 Å². The Balaban J connectivity index is 2.30. The molecule has 5 nitrogen and oxygen atoms in total. The maximum atomic E-state index is 10.7. The van der Waals surface area contributed by atoms with Gasteiger partial charge >= 0.3 is 5.97 Å². The number of carboxylic acid groups (broad SMARTS) is 1. The molecular weight excluding hydrogens is 300 g/mol. The van der Waals surface area contributed by atoms with Gasteiger partial charge in [0.15, 0.2) is 0 Å². The Morgan fingerprint density at radius 1 is 1.44 bits per heavy atom. The second kappa shape index (κ2) is 5.22. The topological polar surface area (TPSA) is 64.3 Å². The molecular formula is C12H11BrN2O3. The van der Waals surface area contributed by atoms with Gasteiger partial charge in [-0.15, -0.1) is 0 Å². The lowest BCUT2D eigenvalue weighted by molar-refractivity contribution is -0.136. The van der Waals surface area contributed by atoms with Gasteiger partial charge in [0.05, 0.1) is 29.4 Å². The first kappa shape index (κ1) is 12.6. The van der Waals surface area contributed by atoms with Crippen molar-refractivity contribution in [1.29, 1.82) is 0 Å². The lowest BCUT2D eigenvalue weighted by Gasteiger charge is -2.02. The summed E-state index contributed by atoms with van der Waals surface area (Å²) in [5.41, 5.74) is 1.34. The minimum atomic E-state index is -0.907. The molecule has 2 aromatic rings. The summed E-state index contributed by atoms with van der Waals surface area (Å²) >= 11 is 3.30. The predicted octanol–water partition coefficient (Wildman–Crippen LogP) is 2.27. The van der Waals surface area contributed by atoms with Crippen molar-refractivity contribution >= 4 is 21.9 Å². The second-order valence-corrected chi connectivity index (χ2v) is 4.49. The second-order valence-electron chi connectivity index (χ2n) is 3.64. The van der Waals surface area contributed by atoms with E-state index in [1.54, 1.807) is 18.0 Å². The summed E-state index contributed by atoms with van der Waals surface area (Å²) in [6.45, 7) is 0. The number of ether oxygens (including phenoxy) is 1. The number of methoxy groups -OCH3 is 1. The molecule has 94 valence electrons. The molecule has 1 aromatic carbocycles. The Kier molecular flexibility index (Phi) is 3.66. The van der Waals surface area contributed by atoms with Gasteiger partial charge < -0.3 is 9.84 Å². The molecule has 0 saturated carbocycles. The van der Waals surface area contributed by atoms with Gasteiger partial charge in [0.25, 0.3) is 0 Å². The molecule has 6 heteroatoms. The standard InChI is InChI=1S/C12H11BrN2O3/c1-18-9-4-2-8(3-5-9)15-7-10(13)11(14-15)6-12(16)17/h2-5,7H,6H2,1H3,(H,16,17). The van der Waals surface area contributed by atoms with Crippen molar-refractivity contribution < 1.29 is 14.6 Å². The fourth-order valence-corrected chi connectivity index (χ4v) is 1.93. The van der Waals surface area contributed by atoms with E-state index in [2.05, 4.69) is 21.0 Å². The summed E-state index contributed by atoms with van der Waals surface area (Å²) in [5.74, 6) is -0.147. The molecule has 0 spiro atoms. The number of carboxylic acids is 1. The highest BCUT2D eigenvalue weighted by molar-refractivity contribution is 9.10. The highest BCUT2D eigenvalue weighted by atomic mass is 79.9. The predicted molar refractivity (Wildman–Crippen MR) is 69.2 cm³/mol. The minimum absolute atomic E-state index is 0.107. The molecule has 0 aliphatic carbocycles. The number of hydrogen-bond donors (Lipinski definition) is 1. The molecule has 0 bridgehead atoms. The van der Waals surface area contributed by atoms with E-state index in [0.717, 1.165) is 11.4 Å². The van der Waals surface area contributed by atoms with E-state index in [-0.39, 0.29) is 6.42 Å². The number of benzene rings is 1. The highest BCUT2D eigenvalue weighted by Gasteiger charge is 2.11. The maximum absolute atomic E-state index is 10.7. The Morgan fingerprint density at radius 3 is 2.67 bits per heavy atom. The van der Waals surface area contributed by atoms with Gasteiger partial charge in [-0.3, -0.25) is 4.79 Å². The first-order valence-electron chi connectivity index (χ1n) is 5.20. The molecule has 0 radical (unpaired) electrons. The fourth-order valence-electron chi connectivity index (χ4n) is 1.52. The zero-order valence-electron chi connectivity index (χ0n) is 9.63. The third-order valence-electron chi connectivity index (χ3n) is 2.40. The van der Waals surface area contributed by atoms with E-state index < -0.39 is 5.97 Å². The smallest absolute Gasteiger partial charge is 0.309 e. The largest absolute Gasteiger partial charge is 0.497 e. The van der Waals surface area contributed by atoms with Gasteiger partial charge in [0.2, 0.25) is 0 Å². The summed E-state index contributed by atoms with van der Waals surface area (Å²) in [4.78, 5) is 10.7. The van der Waals surface area contributed by atoms with Crippen LogP contribution in [-0.4, -0.2) is 28.0 Å². The van der Waals surface area contributed by atoms with Gasteiger partial charge in [-0.2, -0.15) is 5.10 Å². The minimum Gasteiger partial charge on any atom is -0.497 e. The van der Waals surface area contributed by atoms with E-state index in [4.69, 9.17) is 9.84 Å². The number of hydrogen-bond acceptors (Lipinski definition) is 3. The lowest BCUT2D eigenvalue weighted by Crippen LogP contribution is -2.02. The Bertz CT molecular complexity index is 563. The third kappa shape index (κ3) is 2.70. The van der Waals surface area contributed by atoms with Gasteiger partial charge in [0.1, 0.15) is 5.75 Å². The van der Waals surface area contributed by atoms with Crippen LogP contribution in [0.1, 0.15) is 5.69 Å². The molecule has 0 unspecified atom stereocenters. The van der Waals surface area contributed by atoms with Crippen molar-refractivity contribution in [2.75, 3.05) is 7.11 Å². The zero-order valence-corrected chi connectivity index (χ0v) is 11.2. The molecule has 18 heavy (non-hydrogen) atoms. The SMILES string of the molecule is COc1ccc(-n2cc(Br)c(CC(=O)O)n2)cc1. The van der Waals surface area contributed by atoms with Gasteiger partial charge in [-0.25, -0.2) is 4.68 Å². The highest BCUT2D eigenvalue weighted by Crippen LogP contribution is 2.20. The Labute approximate surface area is 112 Å². The molecule has 1 heterocycles. The average molecular weight is 311 g/mol. The van der Waals surface area contributed by atoms with E-state index >= 15 is 0 Å². The molecule has 0 atom stereocenters. The van der Waals surface area contributed by atoms with Crippen LogP contribution in [0.4, 0.5) is 0 Å². The Hall–Kier alpha value is -1.82. The maximum Gasteiger partial charge on any atom is 0.309 e. The molecule has 0 amide bonds. The number of halogens is 1. The van der Waals surface area contributed by atoms with Crippen molar-refractivity contribution in [3.05, 3.63) is 40.6 Å². The van der Waals surface area contributed by atoms with Crippen molar-refractivity contribution in [3.8, 4) is 11.4 Å². The summed E-state index contributed by atoms with van der Waals surface area (Å²) in [6.07, 6.45) is 1.63. The molecule has 0 aliphatic rings. The van der Waals surface area contributed by atoms with Crippen molar-refractivity contribution in [1.82, 2.24) is 9.78 Å². The van der Waals surface area contributed by atoms with Crippen LogP contribution in [0, 0.1) is 0 Å². The summed E-state index contributed by atoms with van der Waals surface area (Å²) in [6, 6.07) is 7.34. The van der Waals surface area contributed by atoms with E-state index in [9.17, 15) is 4.79 Å². The number of nitrogens with zero attached hydrogens (tertiary/aromatic N) is 2. The number of carbonyl (C=O) groups is 1. The van der Waals surface area contributed by atoms with Crippen molar-refractivity contribution in [2.45, 2.75) is 6.42 Å². The average Bonchev–Trinajstić information content (AvgIpc) is 2.70. The van der Waals surface area contributed by atoms with Crippen LogP contribution in [0.2, 0.25) is 0 Å². The van der Waals surface area contributed by atoms with Crippen LogP contribution in [0.5, 0.6) is 5.75 Å². The summed E-state index contributed by atoms with van der Waals surface area (Å²) < 4.78 is 7.38.